The van der Waals surface area contributed by atoms with Crippen molar-refractivity contribution in [1.82, 2.24) is 9.80 Å². The van der Waals surface area contributed by atoms with Crippen LogP contribution in [0.5, 0.6) is 0 Å². The summed E-state index contributed by atoms with van der Waals surface area (Å²) in [6, 6.07) is 12.8. The van der Waals surface area contributed by atoms with E-state index in [0.717, 1.165) is 0 Å². The SMILES string of the molecule is O=C(CN1CCN(CC(=O)Nc2cccc(F)c2)CC1)Nc1ccc(Cl)cc1. The summed E-state index contributed by atoms with van der Waals surface area (Å²) >= 11 is 5.83. The highest BCUT2D eigenvalue weighted by Crippen LogP contribution is 2.13. The summed E-state index contributed by atoms with van der Waals surface area (Å²) in [5, 5.41) is 6.16. The van der Waals surface area contributed by atoms with E-state index in [4.69, 9.17) is 11.6 Å². The highest BCUT2D eigenvalue weighted by molar-refractivity contribution is 6.30. The monoisotopic (exact) mass is 404 g/mol. The molecule has 0 atom stereocenters. The number of nitrogens with one attached hydrogen (secondary N) is 2. The van der Waals surface area contributed by atoms with Gasteiger partial charge < -0.3 is 10.6 Å². The van der Waals surface area contributed by atoms with E-state index in [1.165, 1.54) is 12.1 Å². The van der Waals surface area contributed by atoms with Gasteiger partial charge in [-0.05, 0) is 42.5 Å². The molecule has 6 nitrogen and oxygen atoms in total. The van der Waals surface area contributed by atoms with Crippen LogP contribution < -0.4 is 10.6 Å². The Morgan fingerprint density at radius 3 is 1.93 bits per heavy atom. The van der Waals surface area contributed by atoms with Crippen molar-refractivity contribution in [2.45, 2.75) is 0 Å². The van der Waals surface area contributed by atoms with Crippen molar-refractivity contribution in [1.29, 1.82) is 0 Å². The van der Waals surface area contributed by atoms with Gasteiger partial charge in [-0.15, -0.1) is 0 Å². The Morgan fingerprint density at radius 1 is 0.857 bits per heavy atom. The molecule has 0 radical (unpaired) electrons. The van der Waals surface area contributed by atoms with Gasteiger partial charge in [0.05, 0.1) is 13.1 Å². The van der Waals surface area contributed by atoms with E-state index in [9.17, 15) is 14.0 Å². The Bertz CT molecular complexity index is 823. The maximum Gasteiger partial charge on any atom is 0.238 e. The molecular weight excluding hydrogens is 383 g/mol. The van der Waals surface area contributed by atoms with Crippen molar-refractivity contribution in [2.75, 3.05) is 49.9 Å². The first-order valence-electron chi connectivity index (χ1n) is 9.03. The number of rotatable bonds is 6. The van der Waals surface area contributed by atoms with Gasteiger partial charge in [-0.25, -0.2) is 4.39 Å². The third kappa shape index (κ3) is 6.30. The normalized spacial score (nSPS) is 15.2. The third-order valence-corrected chi connectivity index (χ3v) is 4.69. The lowest BCUT2D eigenvalue weighted by molar-refractivity contribution is -0.120. The summed E-state index contributed by atoms with van der Waals surface area (Å²) in [5.74, 6) is -0.651. The quantitative estimate of drug-likeness (QED) is 0.777. The van der Waals surface area contributed by atoms with E-state index in [1.54, 1.807) is 36.4 Å². The first kappa shape index (κ1) is 20.3. The first-order valence-corrected chi connectivity index (χ1v) is 9.41. The van der Waals surface area contributed by atoms with Gasteiger partial charge in [-0.2, -0.15) is 0 Å². The summed E-state index contributed by atoms with van der Waals surface area (Å²) in [4.78, 5) is 28.3. The summed E-state index contributed by atoms with van der Waals surface area (Å²) in [6.45, 7) is 3.30. The Hall–Kier alpha value is -2.48. The number of anilines is 2. The van der Waals surface area contributed by atoms with Gasteiger partial charge in [0.15, 0.2) is 0 Å². The Morgan fingerprint density at radius 2 is 1.39 bits per heavy atom. The average Bonchev–Trinajstić information content (AvgIpc) is 2.65. The van der Waals surface area contributed by atoms with Gasteiger partial charge in [0, 0.05) is 42.6 Å². The summed E-state index contributed by atoms with van der Waals surface area (Å²) in [5.41, 5.74) is 1.16. The molecular formula is C20H22ClFN4O2. The Labute approximate surface area is 168 Å². The third-order valence-electron chi connectivity index (χ3n) is 4.44. The molecule has 1 saturated heterocycles. The predicted molar refractivity (Wildman–Crippen MR) is 108 cm³/mol. The minimum atomic E-state index is -0.386. The molecule has 1 heterocycles. The molecule has 2 aromatic rings. The fourth-order valence-corrected chi connectivity index (χ4v) is 3.14. The molecule has 0 bridgehead atoms. The van der Waals surface area contributed by atoms with Crippen molar-refractivity contribution >= 4 is 34.8 Å². The van der Waals surface area contributed by atoms with Crippen molar-refractivity contribution < 1.29 is 14.0 Å². The molecule has 3 rings (SSSR count). The number of nitrogens with zero attached hydrogens (tertiary/aromatic N) is 2. The highest BCUT2D eigenvalue weighted by atomic mass is 35.5. The van der Waals surface area contributed by atoms with Gasteiger partial charge in [-0.1, -0.05) is 17.7 Å². The second-order valence-electron chi connectivity index (χ2n) is 6.67. The molecule has 2 aromatic carbocycles. The zero-order chi connectivity index (χ0) is 19.9. The van der Waals surface area contributed by atoms with Crippen molar-refractivity contribution in [3.8, 4) is 0 Å². The van der Waals surface area contributed by atoms with Crippen LogP contribution >= 0.6 is 11.6 Å². The van der Waals surface area contributed by atoms with Crippen LogP contribution in [0, 0.1) is 5.82 Å². The molecule has 1 aliphatic heterocycles. The molecule has 0 spiro atoms. The summed E-state index contributed by atoms with van der Waals surface area (Å²) in [6.07, 6.45) is 0. The maximum absolute atomic E-state index is 13.2. The lowest BCUT2D eigenvalue weighted by Gasteiger charge is -2.33. The molecule has 1 fully saturated rings. The number of amides is 2. The Balaban J connectivity index is 1.38. The molecule has 148 valence electrons. The van der Waals surface area contributed by atoms with E-state index in [-0.39, 0.29) is 24.2 Å². The van der Waals surface area contributed by atoms with E-state index >= 15 is 0 Å². The van der Waals surface area contributed by atoms with Crippen LogP contribution in [0.15, 0.2) is 48.5 Å². The zero-order valence-electron chi connectivity index (χ0n) is 15.3. The maximum atomic E-state index is 13.2. The average molecular weight is 405 g/mol. The highest BCUT2D eigenvalue weighted by Gasteiger charge is 2.20. The summed E-state index contributed by atoms with van der Waals surface area (Å²) < 4.78 is 13.2. The minimum absolute atomic E-state index is 0.0837. The minimum Gasteiger partial charge on any atom is -0.325 e. The van der Waals surface area contributed by atoms with Crippen molar-refractivity contribution in [3.63, 3.8) is 0 Å². The van der Waals surface area contributed by atoms with Crippen LogP contribution in [0.3, 0.4) is 0 Å². The second-order valence-corrected chi connectivity index (χ2v) is 7.10. The van der Waals surface area contributed by atoms with Crippen LogP contribution in [-0.4, -0.2) is 60.9 Å². The molecule has 28 heavy (non-hydrogen) atoms. The van der Waals surface area contributed by atoms with Crippen LogP contribution in [0.1, 0.15) is 0 Å². The largest absolute Gasteiger partial charge is 0.325 e. The first-order chi connectivity index (χ1) is 13.5. The fourth-order valence-electron chi connectivity index (χ4n) is 3.01. The second kappa shape index (κ2) is 9.64. The van der Waals surface area contributed by atoms with Crippen LogP contribution in [0.4, 0.5) is 15.8 Å². The van der Waals surface area contributed by atoms with Gasteiger partial charge in [0.1, 0.15) is 5.82 Å². The van der Waals surface area contributed by atoms with E-state index < -0.39 is 0 Å². The molecule has 0 unspecified atom stereocenters. The number of benzene rings is 2. The number of halogens is 2. The van der Waals surface area contributed by atoms with Gasteiger partial charge in [-0.3, -0.25) is 19.4 Å². The molecule has 0 saturated carbocycles. The topological polar surface area (TPSA) is 64.7 Å². The van der Waals surface area contributed by atoms with Gasteiger partial charge in [0.2, 0.25) is 11.8 Å². The summed E-state index contributed by atoms with van der Waals surface area (Å²) in [7, 11) is 0. The van der Waals surface area contributed by atoms with E-state index in [0.29, 0.717) is 49.1 Å². The lowest BCUT2D eigenvalue weighted by Crippen LogP contribution is -2.50. The van der Waals surface area contributed by atoms with Gasteiger partial charge in [0.25, 0.3) is 0 Å². The zero-order valence-corrected chi connectivity index (χ0v) is 16.1. The molecule has 2 N–H and O–H groups in total. The fraction of sp³-hybridized carbons (Fsp3) is 0.300. The number of hydrogen-bond donors (Lipinski definition) is 2. The smallest absolute Gasteiger partial charge is 0.238 e. The lowest BCUT2D eigenvalue weighted by atomic mass is 10.2. The number of piperazine rings is 1. The molecule has 1 aliphatic rings. The molecule has 0 aliphatic carbocycles. The predicted octanol–water partition coefficient (Wildman–Crippen LogP) is 2.67. The Kier molecular flexibility index (Phi) is 6.97. The van der Waals surface area contributed by atoms with Crippen molar-refractivity contribution in [2.24, 2.45) is 0 Å². The van der Waals surface area contributed by atoms with Crippen molar-refractivity contribution in [3.05, 3.63) is 59.4 Å². The standard InChI is InChI=1S/C20H22ClFN4O2/c21-15-4-6-17(7-5-15)23-19(27)13-25-8-10-26(11-9-25)14-20(28)24-18-3-1-2-16(22)12-18/h1-7,12H,8-11,13-14H2,(H,23,27)(H,24,28). The van der Waals surface area contributed by atoms with Gasteiger partial charge >= 0.3 is 0 Å². The van der Waals surface area contributed by atoms with E-state index in [1.807, 2.05) is 9.80 Å². The van der Waals surface area contributed by atoms with E-state index in [2.05, 4.69) is 10.6 Å². The van der Waals surface area contributed by atoms with Crippen LogP contribution in [0.2, 0.25) is 5.02 Å². The molecule has 2 amide bonds. The number of hydrogen-bond acceptors (Lipinski definition) is 4. The van der Waals surface area contributed by atoms with Crippen LogP contribution in [-0.2, 0) is 9.59 Å². The number of carbonyl (C=O) groups is 2. The molecule has 8 heteroatoms. The number of carbonyl (C=O) groups excluding carboxylic acids is 2. The van der Waals surface area contributed by atoms with Crippen LogP contribution in [0.25, 0.3) is 0 Å². The molecule has 0 aromatic heterocycles.